The number of carbonyl (C=O) groups is 1. The van der Waals surface area contributed by atoms with Gasteiger partial charge in [0.05, 0.1) is 18.1 Å². The minimum Gasteiger partial charge on any atom is -0.496 e. The van der Waals surface area contributed by atoms with Gasteiger partial charge in [-0.1, -0.05) is 12.1 Å². The van der Waals surface area contributed by atoms with E-state index < -0.39 is 28.9 Å². The molecule has 0 N–H and O–H groups in total. The van der Waals surface area contributed by atoms with E-state index in [4.69, 9.17) is 9.47 Å². The second-order valence-electron chi connectivity index (χ2n) is 4.35. The largest absolute Gasteiger partial charge is 0.496 e. The van der Waals surface area contributed by atoms with Gasteiger partial charge in [-0.05, 0) is 24.3 Å². The number of nitro benzene ring substituents is 1. The van der Waals surface area contributed by atoms with Gasteiger partial charge in [-0.2, -0.15) is 8.78 Å². The summed E-state index contributed by atoms with van der Waals surface area (Å²) in [6.07, 6.45) is 0. The summed E-state index contributed by atoms with van der Waals surface area (Å²) in [5.41, 5.74) is -0.794. The molecule has 0 amide bonds. The zero-order valence-electron chi connectivity index (χ0n) is 12.3. The third-order valence-corrected chi connectivity index (χ3v) is 2.89. The second kappa shape index (κ2) is 7.36. The van der Waals surface area contributed by atoms with Gasteiger partial charge in [-0.3, -0.25) is 10.1 Å². The van der Waals surface area contributed by atoms with Crippen molar-refractivity contribution in [3.8, 4) is 17.2 Å². The summed E-state index contributed by atoms with van der Waals surface area (Å²) < 4.78 is 38.8. The molecule has 2 aromatic carbocycles. The highest BCUT2D eigenvalue weighted by Gasteiger charge is 2.22. The van der Waals surface area contributed by atoms with Crippen molar-refractivity contribution in [3.05, 3.63) is 58.1 Å². The number of halogens is 2. The van der Waals surface area contributed by atoms with E-state index in [1.54, 1.807) is 0 Å². The molecule has 0 aliphatic rings. The molecule has 9 heteroatoms. The smallest absolute Gasteiger partial charge is 0.387 e. The van der Waals surface area contributed by atoms with Crippen molar-refractivity contribution in [3.63, 3.8) is 0 Å². The number of ether oxygens (including phenoxy) is 3. The van der Waals surface area contributed by atoms with Crippen molar-refractivity contribution in [2.45, 2.75) is 6.61 Å². The predicted molar refractivity (Wildman–Crippen MR) is 77.7 cm³/mol. The fourth-order valence-electron chi connectivity index (χ4n) is 1.84. The first-order valence-corrected chi connectivity index (χ1v) is 6.51. The van der Waals surface area contributed by atoms with E-state index >= 15 is 0 Å². The molecule has 0 fully saturated rings. The van der Waals surface area contributed by atoms with Crippen LogP contribution in [-0.2, 0) is 0 Å². The first-order valence-electron chi connectivity index (χ1n) is 6.51. The van der Waals surface area contributed by atoms with E-state index in [1.807, 2.05) is 0 Å². The third-order valence-electron chi connectivity index (χ3n) is 2.89. The Morgan fingerprint density at radius 2 is 1.88 bits per heavy atom. The van der Waals surface area contributed by atoms with E-state index in [1.165, 1.54) is 37.4 Å². The molecule has 126 valence electrons. The summed E-state index contributed by atoms with van der Waals surface area (Å²) in [4.78, 5) is 22.4. The fraction of sp³-hybridized carbons (Fsp3) is 0.133. The maximum atomic E-state index is 12.4. The molecular formula is C15H11F2NO6. The Kier molecular flexibility index (Phi) is 5.25. The van der Waals surface area contributed by atoms with Gasteiger partial charge < -0.3 is 14.2 Å². The number of hydrogen-bond donors (Lipinski definition) is 0. The quantitative estimate of drug-likeness (QED) is 0.347. The zero-order valence-corrected chi connectivity index (χ0v) is 12.3. The molecule has 0 bridgehead atoms. The van der Waals surface area contributed by atoms with Crippen molar-refractivity contribution < 1.29 is 32.7 Å². The van der Waals surface area contributed by atoms with E-state index in [-0.39, 0.29) is 17.1 Å². The molecule has 0 saturated carbocycles. The van der Waals surface area contributed by atoms with Crippen LogP contribution in [0.3, 0.4) is 0 Å². The number of esters is 1. The van der Waals surface area contributed by atoms with Crippen LogP contribution in [0.15, 0.2) is 42.5 Å². The summed E-state index contributed by atoms with van der Waals surface area (Å²) in [6, 6.07) is 8.77. The molecule has 0 saturated heterocycles. The maximum Gasteiger partial charge on any atom is 0.387 e. The molecule has 24 heavy (non-hydrogen) atoms. The van der Waals surface area contributed by atoms with Crippen molar-refractivity contribution in [1.82, 2.24) is 0 Å². The van der Waals surface area contributed by atoms with E-state index in [0.29, 0.717) is 0 Å². The van der Waals surface area contributed by atoms with E-state index in [9.17, 15) is 23.7 Å². The number of alkyl halides is 2. The summed E-state index contributed by atoms with van der Waals surface area (Å²) in [5, 5.41) is 11.1. The van der Waals surface area contributed by atoms with Gasteiger partial charge in [0, 0.05) is 0 Å². The van der Waals surface area contributed by atoms with Gasteiger partial charge in [0.25, 0.3) is 0 Å². The minimum absolute atomic E-state index is 0.197. The minimum atomic E-state index is -3.13. The van der Waals surface area contributed by atoms with Gasteiger partial charge >= 0.3 is 18.3 Å². The molecule has 0 unspecified atom stereocenters. The second-order valence-corrected chi connectivity index (χ2v) is 4.35. The van der Waals surface area contributed by atoms with Crippen molar-refractivity contribution in [2.24, 2.45) is 0 Å². The molecule has 2 rings (SSSR count). The van der Waals surface area contributed by atoms with Crippen LogP contribution in [0, 0.1) is 10.1 Å². The highest BCUT2D eigenvalue weighted by molar-refractivity contribution is 5.94. The van der Waals surface area contributed by atoms with Crippen molar-refractivity contribution >= 4 is 11.7 Å². The highest BCUT2D eigenvalue weighted by atomic mass is 19.3. The van der Waals surface area contributed by atoms with Crippen LogP contribution in [0.25, 0.3) is 0 Å². The van der Waals surface area contributed by atoms with Crippen LogP contribution in [-0.4, -0.2) is 24.6 Å². The molecule has 0 heterocycles. The van der Waals surface area contributed by atoms with Gasteiger partial charge in [0.2, 0.25) is 5.75 Å². The first-order chi connectivity index (χ1) is 11.4. The van der Waals surface area contributed by atoms with Gasteiger partial charge in [0.1, 0.15) is 17.1 Å². The standard InChI is InChI=1S/C15H11F2NO6/c1-22-9-6-7-13(11(8-9)18(20)21)23-14(19)10-4-2-3-5-12(10)24-15(16)17/h2-8,15H,1H3. The molecule has 0 aliphatic carbocycles. The number of methoxy groups -OCH3 is 1. The normalized spacial score (nSPS) is 10.3. The highest BCUT2D eigenvalue weighted by Crippen LogP contribution is 2.32. The van der Waals surface area contributed by atoms with Crippen LogP contribution in [0.5, 0.6) is 17.2 Å². The predicted octanol–water partition coefficient (Wildman–Crippen LogP) is 3.42. The number of hydrogen-bond acceptors (Lipinski definition) is 6. The number of para-hydroxylation sites is 1. The Hall–Kier alpha value is -3.23. The number of rotatable bonds is 6. The molecule has 0 radical (unpaired) electrons. The number of carbonyl (C=O) groups excluding carboxylic acids is 1. The summed E-state index contributed by atoms with van der Waals surface area (Å²) in [7, 11) is 1.32. The Labute approximate surface area is 134 Å². The molecule has 7 nitrogen and oxygen atoms in total. The van der Waals surface area contributed by atoms with Gasteiger partial charge in [-0.25, -0.2) is 4.79 Å². The summed E-state index contributed by atoms with van der Waals surface area (Å²) in [6.45, 7) is -3.13. The van der Waals surface area contributed by atoms with Crippen LogP contribution in [0.1, 0.15) is 10.4 Å². The molecule has 2 aromatic rings. The Morgan fingerprint density at radius 1 is 1.17 bits per heavy atom. The van der Waals surface area contributed by atoms with Crippen LogP contribution < -0.4 is 14.2 Å². The maximum absolute atomic E-state index is 12.4. The van der Waals surface area contributed by atoms with Crippen LogP contribution >= 0.6 is 0 Å². The third kappa shape index (κ3) is 3.94. The average Bonchev–Trinajstić information content (AvgIpc) is 2.54. The lowest BCUT2D eigenvalue weighted by atomic mass is 10.2. The Balaban J connectivity index is 2.32. The Morgan fingerprint density at radius 3 is 2.50 bits per heavy atom. The SMILES string of the molecule is COc1ccc(OC(=O)c2ccccc2OC(F)F)c([N+](=O)[O-])c1. The van der Waals surface area contributed by atoms with Crippen molar-refractivity contribution in [1.29, 1.82) is 0 Å². The lowest BCUT2D eigenvalue weighted by Crippen LogP contribution is -2.13. The molecule has 0 aromatic heterocycles. The van der Waals surface area contributed by atoms with Crippen molar-refractivity contribution in [2.75, 3.05) is 7.11 Å². The zero-order chi connectivity index (χ0) is 17.7. The Bertz CT molecular complexity index is 765. The van der Waals surface area contributed by atoms with Gasteiger partial charge in [0.15, 0.2) is 0 Å². The molecule has 0 spiro atoms. The van der Waals surface area contributed by atoms with Crippen LogP contribution in [0.4, 0.5) is 14.5 Å². The lowest BCUT2D eigenvalue weighted by molar-refractivity contribution is -0.385. The first kappa shape index (κ1) is 17.1. The van der Waals surface area contributed by atoms with Crippen LogP contribution in [0.2, 0.25) is 0 Å². The number of benzene rings is 2. The number of nitrogens with zero attached hydrogens (tertiary/aromatic N) is 1. The number of nitro groups is 1. The summed E-state index contributed by atoms with van der Waals surface area (Å²) >= 11 is 0. The fourth-order valence-corrected chi connectivity index (χ4v) is 1.84. The van der Waals surface area contributed by atoms with E-state index in [2.05, 4.69) is 4.74 Å². The summed E-state index contributed by atoms with van der Waals surface area (Å²) in [5.74, 6) is -1.62. The molecule has 0 aliphatic heterocycles. The lowest BCUT2D eigenvalue weighted by Gasteiger charge is -2.10. The topological polar surface area (TPSA) is 87.9 Å². The molecule has 0 atom stereocenters. The van der Waals surface area contributed by atoms with E-state index in [0.717, 1.165) is 12.1 Å². The van der Waals surface area contributed by atoms with Gasteiger partial charge in [-0.15, -0.1) is 0 Å². The molecular weight excluding hydrogens is 328 g/mol. The monoisotopic (exact) mass is 339 g/mol. The average molecular weight is 339 g/mol.